The number of halogens is 3. The fourth-order valence-corrected chi connectivity index (χ4v) is 3.42. The monoisotopic (exact) mass is 432 g/mol. The van der Waals surface area contributed by atoms with Crippen LogP contribution in [0.4, 0.5) is 13.2 Å². The largest absolute Gasteiger partial charge is 0.534 e. The predicted molar refractivity (Wildman–Crippen MR) is 93.7 cm³/mol. The molecular formula is C16H11F3N2O5S2. The van der Waals surface area contributed by atoms with Crippen molar-refractivity contribution in [3.05, 3.63) is 48.7 Å². The summed E-state index contributed by atoms with van der Waals surface area (Å²) in [7, 11) is -9.39. The number of hydrogen-bond acceptors (Lipinski definition) is 7. The van der Waals surface area contributed by atoms with Gasteiger partial charge in [-0.2, -0.15) is 21.6 Å². The van der Waals surface area contributed by atoms with E-state index in [0.29, 0.717) is 11.1 Å². The highest BCUT2D eigenvalue weighted by molar-refractivity contribution is 7.90. The molecule has 0 bridgehead atoms. The van der Waals surface area contributed by atoms with Crippen LogP contribution in [-0.4, -0.2) is 38.6 Å². The van der Waals surface area contributed by atoms with Gasteiger partial charge in [0.05, 0.1) is 10.4 Å². The molecule has 1 aromatic carbocycles. The van der Waals surface area contributed by atoms with Crippen molar-refractivity contribution in [1.82, 2.24) is 9.97 Å². The highest BCUT2D eigenvalue weighted by atomic mass is 32.2. The van der Waals surface area contributed by atoms with Crippen LogP contribution < -0.4 is 4.18 Å². The van der Waals surface area contributed by atoms with Crippen LogP contribution >= 0.6 is 0 Å². The lowest BCUT2D eigenvalue weighted by molar-refractivity contribution is -0.0501. The molecular weight excluding hydrogens is 421 g/mol. The van der Waals surface area contributed by atoms with E-state index in [1.165, 1.54) is 36.5 Å². The summed E-state index contributed by atoms with van der Waals surface area (Å²) < 4.78 is 87.5. The first-order chi connectivity index (χ1) is 12.9. The smallest absolute Gasteiger partial charge is 0.355 e. The Hall–Kier alpha value is -2.73. The molecule has 0 atom stereocenters. The maximum atomic E-state index is 12.5. The van der Waals surface area contributed by atoms with Crippen LogP contribution in [0.5, 0.6) is 5.88 Å². The molecule has 3 aromatic rings. The van der Waals surface area contributed by atoms with Gasteiger partial charge in [0, 0.05) is 24.1 Å². The van der Waals surface area contributed by atoms with Crippen molar-refractivity contribution in [1.29, 1.82) is 0 Å². The van der Waals surface area contributed by atoms with Gasteiger partial charge in [0.15, 0.2) is 9.84 Å². The van der Waals surface area contributed by atoms with Crippen molar-refractivity contribution in [2.24, 2.45) is 0 Å². The minimum Gasteiger partial charge on any atom is -0.355 e. The van der Waals surface area contributed by atoms with Crippen LogP contribution in [0.25, 0.3) is 22.2 Å². The Labute approximate surface area is 157 Å². The van der Waals surface area contributed by atoms with E-state index in [1.807, 2.05) is 0 Å². The zero-order valence-corrected chi connectivity index (χ0v) is 15.6. The molecule has 7 nitrogen and oxygen atoms in total. The van der Waals surface area contributed by atoms with Crippen LogP contribution in [0.15, 0.2) is 53.6 Å². The predicted octanol–water partition coefficient (Wildman–Crippen LogP) is 2.93. The lowest BCUT2D eigenvalue weighted by Gasteiger charge is -2.11. The first-order valence-electron chi connectivity index (χ1n) is 7.45. The lowest BCUT2D eigenvalue weighted by Crippen LogP contribution is -2.28. The van der Waals surface area contributed by atoms with E-state index < -0.39 is 31.3 Å². The zero-order chi connectivity index (χ0) is 20.7. The second kappa shape index (κ2) is 6.71. The fourth-order valence-electron chi connectivity index (χ4n) is 2.34. The van der Waals surface area contributed by atoms with Crippen molar-refractivity contribution in [2.45, 2.75) is 10.4 Å². The Morgan fingerprint density at radius 1 is 1.00 bits per heavy atom. The topological polar surface area (TPSA) is 103 Å². The number of aromatic nitrogens is 2. The number of benzene rings is 1. The molecule has 0 spiro atoms. The van der Waals surface area contributed by atoms with Gasteiger partial charge in [0.25, 0.3) is 0 Å². The second-order valence-corrected chi connectivity index (χ2v) is 9.21. The van der Waals surface area contributed by atoms with Gasteiger partial charge >= 0.3 is 15.6 Å². The number of rotatable bonds is 4. The molecule has 0 saturated heterocycles. The molecule has 0 aliphatic carbocycles. The average Bonchev–Trinajstić information content (AvgIpc) is 2.59. The molecule has 12 heteroatoms. The number of pyridine rings is 2. The van der Waals surface area contributed by atoms with Gasteiger partial charge in [-0.25, -0.2) is 13.4 Å². The number of alkyl halides is 3. The van der Waals surface area contributed by atoms with E-state index in [2.05, 4.69) is 14.2 Å². The van der Waals surface area contributed by atoms with E-state index >= 15 is 0 Å². The Balaban J connectivity index is 2.15. The van der Waals surface area contributed by atoms with Gasteiger partial charge in [-0.1, -0.05) is 12.1 Å². The summed E-state index contributed by atoms with van der Waals surface area (Å²) in [6.45, 7) is 0. The van der Waals surface area contributed by atoms with Gasteiger partial charge in [-0.05, 0) is 29.8 Å². The molecule has 0 unspecified atom stereocenters. The van der Waals surface area contributed by atoms with Gasteiger partial charge in [-0.15, -0.1) is 0 Å². The molecule has 0 aliphatic rings. The maximum absolute atomic E-state index is 12.5. The second-order valence-electron chi connectivity index (χ2n) is 5.66. The highest BCUT2D eigenvalue weighted by Crippen LogP contribution is 2.31. The molecule has 148 valence electrons. The third-order valence-corrected chi connectivity index (χ3v) is 5.68. The standard InChI is InChI=1S/C16H11F3N2O5S2/c1-27(22,23)11-4-2-3-10(9-11)12-7-8-20-13-5-6-14(21-15(12)13)26-28(24,25)16(17,18)19/h2-9H,1H3. The number of sulfone groups is 1. The number of hydrogen-bond donors (Lipinski definition) is 0. The first kappa shape index (κ1) is 20.0. The van der Waals surface area contributed by atoms with Crippen molar-refractivity contribution in [2.75, 3.05) is 6.26 Å². The minimum atomic E-state index is -5.89. The summed E-state index contributed by atoms with van der Waals surface area (Å²) in [4.78, 5) is 7.88. The summed E-state index contributed by atoms with van der Waals surface area (Å²) in [6.07, 6.45) is 2.43. The quantitative estimate of drug-likeness (QED) is 0.461. The summed E-state index contributed by atoms with van der Waals surface area (Å²) in [5.41, 5.74) is -4.57. The van der Waals surface area contributed by atoms with Crippen LogP contribution in [-0.2, 0) is 20.0 Å². The van der Waals surface area contributed by atoms with Gasteiger partial charge in [-0.3, -0.25) is 4.98 Å². The summed E-state index contributed by atoms with van der Waals surface area (Å²) >= 11 is 0. The Kier molecular flexibility index (Phi) is 4.79. The molecule has 0 saturated carbocycles. The SMILES string of the molecule is CS(=O)(=O)c1cccc(-c2ccnc3ccc(OS(=O)(=O)C(F)(F)F)nc23)c1. The van der Waals surface area contributed by atoms with E-state index in [4.69, 9.17) is 0 Å². The molecule has 0 amide bonds. The normalized spacial score (nSPS) is 12.9. The minimum absolute atomic E-state index is 0.0296. The molecule has 0 aliphatic heterocycles. The van der Waals surface area contributed by atoms with Crippen LogP contribution in [0.3, 0.4) is 0 Å². The van der Waals surface area contributed by atoms with Crippen LogP contribution in [0, 0.1) is 0 Å². The van der Waals surface area contributed by atoms with E-state index in [-0.39, 0.29) is 15.9 Å². The molecule has 3 rings (SSSR count). The highest BCUT2D eigenvalue weighted by Gasteiger charge is 2.48. The molecule has 28 heavy (non-hydrogen) atoms. The van der Waals surface area contributed by atoms with Crippen molar-refractivity contribution in [3.63, 3.8) is 0 Å². The van der Waals surface area contributed by atoms with E-state index in [0.717, 1.165) is 12.3 Å². The maximum Gasteiger partial charge on any atom is 0.534 e. The average molecular weight is 432 g/mol. The number of fused-ring (bicyclic) bond motifs is 1. The molecule has 0 fully saturated rings. The van der Waals surface area contributed by atoms with Crippen LogP contribution in [0.1, 0.15) is 0 Å². The van der Waals surface area contributed by atoms with Gasteiger partial charge in [0.2, 0.25) is 5.88 Å². The van der Waals surface area contributed by atoms with Gasteiger partial charge < -0.3 is 4.18 Å². The molecule has 0 radical (unpaired) electrons. The zero-order valence-electron chi connectivity index (χ0n) is 14.0. The first-order valence-corrected chi connectivity index (χ1v) is 10.8. The third-order valence-electron chi connectivity index (χ3n) is 3.61. The molecule has 2 heterocycles. The van der Waals surface area contributed by atoms with E-state index in [9.17, 15) is 30.0 Å². The number of nitrogens with zero attached hydrogens (tertiary/aromatic N) is 2. The summed E-state index contributed by atoms with van der Waals surface area (Å²) in [5.74, 6) is -0.793. The molecule has 0 N–H and O–H groups in total. The van der Waals surface area contributed by atoms with Crippen LogP contribution in [0.2, 0.25) is 0 Å². The van der Waals surface area contributed by atoms with Crippen molar-refractivity contribution < 1.29 is 34.2 Å². The Bertz CT molecular complexity index is 1270. The van der Waals surface area contributed by atoms with Crippen molar-refractivity contribution >= 4 is 31.0 Å². The summed E-state index contributed by atoms with van der Waals surface area (Å²) in [6, 6.07) is 9.48. The molecule has 2 aromatic heterocycles. The van der Waals surface area contributed by atoms with Crippen molar-refractivity contribution in [3.8, 4) is 17.0 Å². The summed E-state index contributed by atoms with van der Waals surface area (Å²) in [5, 5.41) is 0. The Morgan fingerprint density at radius 3 is 2.36 bits per heavy atom. The third kappa shape index (κ3) is 3.92. The lowest BCUT2D eigenvalue weighted by atomic mass is 10.1. The van der Waals surface area contributed by atoms with E-state index in [1.54, 1.807) is 6.07 Å². The fraction of sp³-hybridized carbons (Fsp3) is 0.125. The Morgan fingerprint density at radius 2 is 1.71 bits per heavy atom. The van der Waals surface area contributed by atoms with Gasteiger partial charge in [0.1, 0.15) is 5.52 Å².